The molecule has 0 fully saturated rings. The molecule has 1 atom stereocenters. The maximum atomic E-state index is 11.9. The van der Waals surface area contributed by atoms with E-state index in [0.29, 0.717) is 17.2 Å². The maximum absolute atomic E-state index is 11.9. The molecule has 102 valence electrons. The van der Waals surface area contributed by atoms with E-state index in [2.05, 4.69) is 35.1 Å². The predicted molar refractivity (Wildman–Crippen MR) is 79.2 cm³/mol. The Kier molecular flexibility index (Phi) is 5.37. The molecule has 0 aliphatic rings. The molecule has 1 unspecified atom stereocenters. The third-order valence-electron chi connectivity index (χ3n) is 2.56. The van der Waals surface area contributed by atoms with E-state index in [0.717, 1.165) is 9.35 Å². The topological polar surface area (TPSA) is 49.3 Å². The standard InChI is InChI=1S/C13H20BrNO2S/c1-8(2)6-13(4,17)7-15-12(16)10-5-9(3)11(14)18-10/h5,8,17H,6-7H2,1-4H3,(H,15,16). The lowest BCUT2D eigenvalue weighted by Gasteiger charge is -2.25. The van der Waals surface area contributed by atoms with Crippen LogP contribution in [0.2, 0.25) is 0 Å². The van der Waals surface area contributed by atoms with Crippen molar-refractivity contribution in [1.82, 2.24) is 5.32 Å². The fourth-order valence-electron chi connectivity index (χ4n) is 1.88. The van der Waals surface area contributed by atoms with Crippen LogP contribution in [0.1, 0.15) is 42.4 Å². The highest BCUT2D eigenvalue weighted by atomic mass is 79.9. The third-order valence-corrected chi connectivity index (χ3v) is 4.69. The minimum Gasteiger partial charge on any atom is -0.388 e. The summed E-state index contributed by atoms with van der Waals surface area (Å²) >= 11 is 4.81. The summed E-state index contributed by atoms with van der Waals surface area (Å²) in [5.74, 6) is 0.271. The third kappa shape index (κ3) is 4.71. The van der Waals surface area contributed by atoms with Crippen molar-refractivity contribution in [3.63, 3.8) is 0 Å². The van der Waals surface area contributed by atoms with Crippen molar-refractivity contribution in [3.05, 3.63) is 20.3 Å². The second kappa shape index (κ2) is 6.17. The number of rotatable bonds is 5. The summed E-state index contributed by atoms with van der Waals surface area (Å²) in [6.07, 6.45) is 0.667. The number of nitrogens with one attached hydrogen (secondary N) is 1. The van der Waals surface area contributed by atoms with E-state index < -0.39 is 5.60 Å². The summed E-state index contributed by atoms with van der Waals surface area (Å²) in [5, 5.41) is 12.9. The van der Waals surface area contributed by atoms with Crippen LogP contribution in [0.25, 0.3) is 0 Å². The lowest BCUT2D eigenvalue weighted by Crippen LogP contribution is -2.41. The molecule has 1 rings (SSSR count). The van der Waals surface area contributed by atoms with Crippen molar-refractivity contribution in [1.29, 1.82) is 0 Å². The normalized spacial score (nSPS) is 14.6. The molecule has 0 radical (unpaired) electrons. The fourth-order valence-corrected chi connectivity index (χ4v) is 3.33. The number of hydrogen-bond acceptors (Lipinski definition) is 3. The van der Waals surface area contributed by atoms with Gasteiger partial charge in [-0.3, -0.25) is 4.79 Å². The van der Waals surface area contributed by atoms with Crippen LogP contribution in [-0.2, 0) is 0 Å². The molecule has 5 heteroatoms. The smallest absolute Gasteiger partial charge is 0.261 e. The van der Waals surface area contributed by atoms with E-state index in [1.54, 1.807) is 6.92 Å². The van der Waals surface area contributed by atoms with Crippen LogP contribution in [0.3, 0.4) is 0 Å². The molecule has 2 N–H and O–H groups in total. The number of amides is 1. The van der Waals surface area contributed by atoms with E-state index in [4.69, 9.17) is 0 Å². The Morgan fingerprint density at radius 1 is 1.61 bits per heavy atom. The minimum atomic E-state index is -0.854. The molecular formula is C13H20BrNO2S. The lowest BCUT2D eigenvalue weighted by molar-refractivity contribution is 0.0369. The van der Waals surface area contributed by atoms with E-state index >= 15 is 0 Å². The molecule has 18 heavy (non-hydrogen) atoms. The Labute approximate surface area is 121 Å². The molecule has 1 aromatic heterocycles. The Hall–Kier alpha value is -0.390. The number of halogens is 1. The summed E-state index contributed by atoms with van der Waals surface area (Å²) in [4.78, 5) is 12.6. The summed E-state index contributed by atoms with van der Waals surface area (Å²) in [6, 6.07) is 1.85. The van der Waals surface area contributed by atoms with Gasteiger partial charge in [-0.15, -0.1) is 11.3 Å². The second-order valence-corrected chi connectivity index (χ2v) is 7.72. The monoisotopic (exact) mass is 333 g/mol. The van der Waals surface area contributed by atoms with Crippen molar-refractivity contribution in [2.45, 2.75) is 39.7 Å². The Morgan fingerprint density at radius 3 is 2.67 bits per heavy atom. The van der Waals surface area contributed by atoms with E-state index in [-0.39, 0.29) is 12.5 Å². The predicted octanol–water partition coefficient (Wildman–Crippen LogP) is 3.35. The van der Waals surface area contributed by atoms with Gasteiger partial charge in [-0.05, 0) is 53.7 Å². The molecule has 0 bridgehead atoms. The summed E-state index contributed by atoms with van der Waals surface area (Å²) in [6.45, 7) is 8.08. The summed E-state index contributed by atoms with van der Waals surface area (Å²) in [5.41, 5.74) is 0.201. The zero-order valence-corrected chi connectivity index (χ0v) is 13.6. The fraction of sp³-hybridized carbons (Fsp3) is 0.615. The van der Waals surface area contributed by atoms with Crippen LogP contribution in [0.5, 0.6) is 0 Å². The van der Waals surface area contributed by atoms with Gasteiger partial charge in [0.2, 0.25) is 0 Å². The van der Waals surface area contributed by atoms with Crippen LogP contribution in [0.15, 0.2) is 9.85 Å². The number of aryl methyl sites for hydroxylation is 1. The van der Waals surface area contributed by atoms with Gasteiger partial charge in [0, 0.05) is 6.54 Å². The molecule has 0 saturated carbocycles. The highest BCUT2D eigenvalue weighted by molar-refractivity contribution is 9.11. The van der Waals surface area contributed by atoms with Gasteiger partial charge >= 0.3 is 0 Å². The van der Waals surface area contributed by atoms with Crippen molar-refractivity contribution in [2.75, 3.05) is 6.54 Å². The molecule has 0 aliphatic carbocycles. The number of hydrogen-bond donors (Lipinski definition) is 2. The highest BCUT2D eigenvalue weighted by Crippen LogP contribution is 2.27. The Bertz CT molecular complexity index is 407. The largest absolute Gasteiger partial charge is 0.388 e. The molecule has 0 saturated heterocycles. The highest BCUT2D eigenvalue weighted by Gasteiger charge is 2.23. The zero-order valence-electron chi connectivity index (χ0n) is 11.2. The zero-order chi connectivity index (χ0) is 13.9. The van der Waals surface area contributed by atoms with Gasteiger partial charge in [-0.25, -0.2) is 0 Å². The van der Waals surface area contributed by atoms with Crippen molar-refractivity contribution in [2.24, 2.45) is 5.92 Å². The molecule has 3 nitrogen and oxygen atoms in total. The maximum Gasteiger partial charge on any atom is 0.261 e. The molecule has 0 spiro atoms. The van der Waals surface area contributed by atoms with Crippen molar-refractivity contribution < 1.29 is 9.90 Å². The number of thiophene rings is 1. The van der Waals surface area contributed by atoms with Gasteiger partial charge in [-0.1, -0.05) is 13.8 Å². The van der Waals surface area contributed by atoms with Crippen molar-refractivity contribution >= 4 is 33.2 Å². The molecule has 0 aromatic carbocycles. The van der Waals surface area contributed by atoms with Gasteiger partial charge in [0.15, 0.2) is 0 Å². The van der Waals surface area contributed by atoms with Crippen LogP contribution in [0.4, 0.5) is 0 Å². The van der Waals surface area contributed by atoms with Crippen LogP contribution < -0.4 is 5.32 Å². The van der Waals surface area contributed by atoms with Gasteiger partial charge in [0.1, 0.15) is 0 Å². The Morgan fingerprint density at radius 2 is 2.22 bits per heavy atom. The number of aliphatic hydroxyl groups is 1. The molecule has 1 amide bonds. The molecule has 1 heterocycles. The average Bonchev–Trinajstić information content (AvgIpc) is 2.54. The summed E-state index contributed by atoms with van der Waals surface area (Å²) < 4.78 is 0.974. The second-order valence-electron chi connectivity index (χ2n) is 5.34. The lowest BCUT2D eigenvalue weighted by atomic mass is 9.94. The first-order valence-electron chi connectivity index (χ1n) is 5.98. The van der Waals surface area contributed by atoms with Gasteiger partial charge in [-0.2, -0.15) is 0 Å². The number of carbonyl (C=O) groups excluding carboxylic acids is 1. The molecule has 1 aromatic rings. The first kappa shape index (κ1) is 15.7. The van der Waals surface area contributed by atoms with Gasteiger partial charge < -0.3 is 10.4 Å². The quantitative estimate of drug-likeness (QED) is 0.868. The van der Waals surface area contributed by atoms with Crippen molar-refractivity contribution in [3.8, 4) is 0 Å². The SMILES string of the molecule is Cc1cc(C(=O)NCC(C)(O)CC(C)C)sc1Br. The number of carbonyl (C=O) groups is 1. The molecule has 0 aliphatic heterocycles. The van der Waals surface area contributed by atoms with E-state index in [9.17, 15) is 9.90 Å². The van der Waals surface area contributed by atoms with E-state index in [1.807, 2.05) is 13.0 Å². The van der Waals surface area contributed by atoms with E-state index in [1.165, 1.54) is 11.3 Å². The minimum absolute atomic E-state index is 0.127. The van der Waals surface area contributed by atoms with Crippen LogP contribution >= 0.6 is 27.3 Å². The summed E-state index contributed by atoms with van der Waals surface area (Å²) in [7, 11) is 0. The first-order chi connectivity index (χ1) is 8.21. The first-order valence-corrected chi connectivity index (χ1v) is 7.59. The Balaban J connectivity index is 2.56. The van der Waals surface area contributed by atoms with Crippen LogP contribution in [-0.4, -0.2) is 23.2 Å². The average molecular weight is 334 g/mol. The van der Waals surface area contributed by atoms with Gasteiger partial charge in [0.25, 0.3) is 5.91 Å². The molecular weight excluding hydrogens is 314 g/mol. The van der Waals surface area contributed by atoms with Crippen LogP contribution in [0, 0.1) is 12.8 Å². The van der Waals surface area contributed by atoms with Gasteiger partial charge in [0.05, 0.1) is 14.3 Å².